The summed E-state index contributed by atoms with van der Waals surface area (Å²) in [4.78, 5) is 24.1. The normalized spacial score (nSPS) is 11.0. The summed E-state index contributed by atoms with van der Waals surface area (Å²) in [5.41, 5.74) is 3.62. The molecule has 2 aromatic heterocycles. The van der Waals surface area contributed by atoms with Gasteiger partial charge < -0.3 is 15.6 Å². The van der Waals surface area contributed by atoms with E-state index in [-0.39, 0.29) is 6.03 Å². The van der Waals surface area contributed by atoms with Crippen LogP contribution in [0, 0.1) is 0 Å². The molecule has 2 heterocycles. The number of hydrogen-bond donors (Lipinski definition) is 3. The number of carbonyl (C=O) groups excluding carboxylic acids is 1. The van der Waals surface area contributed by atoms with Gasteiger partial charge >= 0.3 is 6.03 Å². The summed E-state index contributed by atoms with van der Waals surface area (Å²) in [7, 11) is 0. The van der Waals surface area contributed by atoms with Gasteiger partial charge in [0.2, 0.25) is 0 Å². The van der Waals surface area contributed by atoms with E-state index in [1.54, 1.807) is 6.20 Å². The number of H-pyrrole nitrogens is 1. The van der Waals surface area contributed by atoms with Crippen LogP contribution in [0.15, 0.2) is 42.6 Å². The highest BCUT2D eigenvalue weighted by Gasteiger charge is 2.08. The average molecular weight is 337 g/mol. The number of aromatic amines is 1. The van der Waals surface area contributed by atoms with Crippen molar-refractivity contribution < 1.29 is 4.79 Å². The van der Waals surface area contributed by atoms with Gasteiger partial charge in [-0.1, -0.05) is 19.9 Å². The molecule has 0 saturated carbocycles. The van der Waals surface area contributed by atoms with E-state index in [0.29, 0.717) is 12.5 Å². The molecule has 0 unspecified atom stereocenters. The maximum Gasteiger partial charge on any atom is 0.319 e. The zero-order chi connectivity index (χ0) is 17.6. The van der Waals surface area contributed by atoms with Gasteiger partial charge in [-0.05, 0) is 43.2 Å². The van der Waals surface area contributed by atoms with Gasteiger partial charge in [-0.25, -0.2) is 9.78 Å². The second-order valence-electron chi connectivity index (χ2n) is 6.31. The van der Waals surface area contributed by atoms with Gasteiger partial charge in [-0.2, -0.15) is 0 Å². The first-order valence-electron chi connectivity index (χ1n) is 8.56. The van der Waals surface area contributed by atoms with Gasteiger partial charge in [0, 0.05) is 30.0 Å². The van der Waals surface area contributed by atoms with Crippen LogP contribution in [-0.2, 0) is 6.42 Å². The minimum atomic E-state index is -0.205. The van der Waals surface area contributed by atoms with E-state index >= 15 is 0 Å². The van der Waals surface area contributed by atoms with Crippen molar-refractivity contribution in [2.45, 2.75) is 32.6 Å². The Morgan fingerprint density at radius 2 is 2.12 bits per heavy atom. The SMILES string of the molecule is CC(C)c1nc2ccc(NC(=O)NCCCc3ccccn3)cc2[nH]1. The first-order valence-corrected chi connectivity index (χ1v) is 8.56. The van der Waals surface area contributed by atoms with E-state index in [4.69, 9.17) is 0 Å². The van der Waals surface area contributed by atoms with Crippen LogP contribution < -0.4 is 10.6 Å². The summed E-state index contributed by atoms with van der Waals surface area (Å²) >= 11 is 0. The predicted molar refractivity (Wildman–Crippen MR) is 99.8 cm³/mol. The van der Waals surface area contributed by atoms with Crippen LogP contribution in [0.1, 0.15) is 37.7 Å². The number of nitrogens with one attached hydrogen (secondary N) is 3. The fraction of sp³-hybridized carbons (Fsp3) is 0.316. The molecule has 0 aliphatic heterocycles. The molecule has 6 heteroatoms. The molecule has 6 nitrogen and oxygen atoms in total. The van der Waals surface area contributed by atoms with Crippen LogP contribution in [0.2, 0.25) is 0 Å². The van der Waals surface area contributed by atoms with Crippen molar-refractivity contribution in [1.82, 2.24) is 20.3 Å². The molecular formula is C19H23N5O. The maximum absolute atomic E-state index is 12.0. The number of urea groups is 1. The van der Waals surface area contributed by atoms with Crippen molar-refractivity contribution in [3.8, 4) is 0 Å². The topological polar surface area (TPSA) is 82.7 Å². The van der Waals surface area contributed by atoms with Gasteiger partial charge in [0.05, 0.1) is 11.0 Å². The summed E-state index contributed by atoms with van der Waals surface area (Å²) in [5, 5.41) is 5.73. The lowest BCUT2D eigenvalue weighted by Crippen LogP contribution is -2.29. The van der Waals surface area contributed by atoms with E-state index in [1.807, 2.05) is 36.4 Å². The van der Waals surface area contributed by atoms with Crippen LogP contribution in [0.3, 0.4) is 0 Å². The summed E-state index contributed by atoms with van der Waals surface area (Å²) in [6.07, 6.45) is 3.48. The maximum atomic E-state index is 12.0. The van der Waals surface area contributed by atoms with Gasteiger partial charge in [-0.3, -0.25) is 4.98 Å². The Morgan fingerprint density at radius 3 is 2.88 bits per heavy atom. The fourth-order valence-corrected chi connectivity index (χ4v) is 2.57. The minimum absolute atomic E-state index is 0.205. The van der Waals surface area contributed by atoms with E-state index in [9.17, 15) is 4.79 Å². The van der Waals surface area contributed by atoms with Crippen molar-refractivity contribution in [1.29, 1.82) is 0 Å². The summed E-state index contributed by atoms with van der Waals surface area (Å²) in [6.45, 7) is 4.79. The molecule has 1 aromatic carbocycles. The van der Waals surface area contributed by atoms with Crippen LogP contribution in [0.5, 0.6) is 0 Å². The molecule has 25 heavy (non-hydrogen) atoms. The number of imidazole rings is 1. The van der Waals surface area contributed by atoms with E-state index in [2.05, 4.69) is 39.4 Å². The Bertz CT molecular complexity index is 841. The molecule has 3 rings (SSSR count). The Hall–Kier alpha value is -2.89. The molecule has 0 saturated heterocycles. The van der Waals surface area contributed by atoms with Crippen molar-refractivity contribution in [2.24, 2.45) is 0 Å². The zero-order valence-corrected chi connectivity index (χ0v) is 14.5. The fourth-order valence-electron chi connectivity index (χ4n) is 2.57. The lowest BCUT2D eigenvalue weighted by atomic mass is 10.2. The first-order chi connectivity index (χ1) is 12.1. The number of amides is 2. The zero-order valence-electron chi connectivity index (χ0n) is 14.5. The molecule has 0 fully saturated rings. The molecule has 0 atom stereocenters. The molecular weight excluding hydrogens is 314 g/mol. The second-order valence-corrected chi connectivity index (χ2v) is 6.31. The van der Waals surface area contributed by atoms with Crippen molar-refractivity contribution in [3.05, 3.63) is 54.1 Å². The molecule has 0 radical (unpaired) electrons. The Morgan fingerprint density at radius 1 is 1.24 bits per heavy atom. The smallest absolute Gasteiger partial charge is 0.319 e. The van der Waals surface area contributed by atoms with E-state index in [0.717, 1.165) is 41.1 Å². The third-order valence-electron chi connectivity index (χ3n) is 3.93. The summed E-state index contributed by atoms with van der Waals surface area (Å²) in [5.74, 6) is 1.29. The number of carbonyl (C=O) groups is 1. The first kappa shape index (κ1) is 17.0. The van der Waals surface area contributed by atoms with Gasteiger partial charge in [-0.15, -0.1) is 0 Å². The lowest BCUT2D eigenvalue weighted by Gasteiger charge is -2.07. The number of aromatic nitrogens is 3. The third-order valence-corrected chi connectivity index (χ3v) is 3.93. The molecule has 2 amide bonds. The number of anilines is 1. The third kappa shape index (κ3) is 4.56. The lowest BCUT2D eigenvalue weighted by molar-refractivity contribution is 0.252. The molecule has 3 aromatic rings. The number of pyridine rings is 1. The van der Waals surface area contributed by atoms with Gasteiger partial charge in [0.1, 0.15) is 5.82 Å². The minimum Gasteiger partial charge on any atom is -0.342 e. The van der Waals surface area contributed by atoms with E-state index < -0.39 is 0 Å². The molecule has 0 spiro atoms. The summed E-state index contributed by atoms with van der Waals surface area (Å²) < 4.78 is 0. The number of benzene rings is 1. The van der Waals surface area contributed by atoms with Gasteiger partial charge in [0.15, 0.2) is 0 Å². The average Bonchev–Trinajstić information content (AvgIpc) is 3.03. The predicted octanol–water partition coefficient (Wildman–Crippen LogP) is 3.84. The number of fused-ring (bicyclic) bond motifs is 1. The van der Waals surface area contributed by atoms with Crippen LogP contribution in [-0.4, -0.2) is 27.5 Å². The largest absolute Gasteiger partial charge is 0.342 e. The molecule has 130 valence electrons. The molecule has 0 aliphatic rings. The second kappa shape index (κ2) is 7.79. The highest BCUT2D eigenvalue weighted by Crippen LogP contribution is 2.20. The monoisotopic (exact) mass is 337 g/mol. The Balaban J connectivity index is 1.49. The summed E-state index contributed by atoms with van der Waals surface area (Å²) in [6, 6.07) is 11.3. The number of nitrogens with zero attached hydrogens (tertiary/aromatic N) is 2. The molecule has 3 N–H and O–H groups in total. The van der Waals surface area contributed by atoms with Crippen LogP contribution in [0.4, 0.5) is 10.5 Å². The standard InChI is InChI=1S/C19H23N5O/c1-13(2)18-23-16-9-8-15(12-17(16)24-18)22-19(25)21-11-5-7-14-6-3-4-10-20-14/h3-4,6,8-10,12-13H,5,7,11H2,1-2H3,(H,23,24)(H2,21,22,25). The highest BCUT2D eigenvalue weighted by molar-refractivity contribution is 5.91. The quantitative estimate of drug-likeness (QED) is 0.598. The van der Waals surface area contributed by atoms with Crippen molar-refractivity contribution >= 4 is 22.8 Å². The molecule has 0 bridgehead atoms. The van der Waals surface area contributed by atoms with Crippen LogP contribution >= 0.6 is 0 Å². The van der Waals surface area contributed by atoms with Crippen molar-refractivity contribution in [2.75, 3.05) is 11.9 Å². The molecule has 0 aliphatic carbocycles. The van der Waals surface area contributed by atoms with Crippen molar-refractivity contribution in [3.63, 3.8) is 0 Å². The Kier molecular flexibility index (Phi) is 5.28. The van der Waals surface area contributed by atoms with Crippen LogP contribution in [0.25, 0.3) is 11.0 Å². The van der Waals surface area contributed by atoms with E-state index in [1.165, 1.54) is 0 Å². The Labute approximate surface area is 147 Å². The number of hydrogen-bond acceptors (Lipinski definition) is 3. The number of rotatable bonds is 6. The number of aryl methyl sites for hydroxylation is 1. The van der Waals surface area contributed by atoms with Gasteiger partial charge in [0.25, 0.3) is 0 Å². The highest BCUT2D eigenvalue weighted by atomic mass is 16.2.